The van der Waals surface area contributed by atoms with Crippen LogP contribution in [0.3, 0.4) is 0 Å². The standard InChI is InChI=1S/C17H16N4O5S/c22-13-1-2-14(23)21(13)8-15(24)20-5-3-11-12(7-20)27-17(18-11)19-16(25)10-4-6-26-9-10/h4,6,9H,1-3,5,7-8H2,(H,18,19,25). The normalized spacial score (nSPS) is 16.6. The lowest BCUT2D eigenvalue weighted by atomic mass is 10.2. The largest absolute Gasteiger partial charge is 0.472 e. The number of furan rings is 1. The van der Waals surface area contributed by atoms with Crippen LogP contribution in [-0.4, -0.2) is 51.5 Å². The van der Waals surface area contributed by atoms with Gasteiger partial charge in [0.1, 0.15) is 12.8 Å². The van der Waals surface area contributed by atoms with Crippen molar-refractivity contribution in [2.24, 2.45) is 0 Å². The smallest absolute Gasteiger partial charge is 0.260 e. The number of thiazole rings is 1. The van der Waals surface area contributed by atoms with E-state index >= 15 is 0 Å². The van der Waals surface area contributed by atoms with Gasteiger partial charge in [0.25, 0.3) is 5.91 Å². The summed E-state index contributed by atoms with van der Waals surface area (Å²) < 4.78 is 4.89. The van der Waals surface area contributed by atoms with E-state index in [1.807, 2.05) is 0 Å². The van der Waals surface area contributed by atoms with Gasteiger partial charge in [-0.15, -0.1) is 0 Å². The molecule has 4 rings (SSSR count). The van der Waals surface area contributed by atoms with Crippen molar-refractivity contribution in [1.29, 1.82) is 0 Å². The highest BCUT2D eigenvalue weighted by Crippen LogP contribution is 2.29. The van der Waals surface area contributed by atoms with E-state index < -0.39 is 0 Å². The molecule has 1 saturated heterocycles. The number of carbonyl (C=O) groups excluding carboxylic acids is 4. The molecule has 0 aromatic carbocycles. The van der Waals surface area contributed by atoms with Crippen molar-refractivity contribution in [3.8, 4) is 0 Å². The number of rotatable bonds is 4. The maximum absolute atomic E-state index is 12.5. The molecule has 0 bridgehead atoms. The summed E-state index contributed by atoms with van der Waals surface area (Å²) in [6, 6.07) is 1.56. The molecule has 27 heavy (non-hydrogen) atoms. The Balaban J connectivity index is 1.40. The van der Waals surface area contributed by atoms with E-state index in [2.05, 4.69) is 10.3 Å². The first-order chi connectivity index (χ1) is 13.0. The highest BCUT2D eigenvalue weighted by atomic mass is 32.1. The van der Waals surface area contributed by atoms with Crippen molar-refractivity contribution in [1.82, 2.24) is 14.8 Å². The predicted molar refractivity (Wildman–Crippen MR) is 93.9 cm³/mol. The van der Waals surface area contributed by atoms with Crippen LogP contribution in [0, 0.1) is 0 Å². The topological polar surface area (TPSA) is 113 Å². The van der Waals surface area contributed by atoms with Gasteiger partial charge < -0.3 is 9.32 Å². The van der Waals surface area contributed by atoms with Gasteiger partial charge in [0, 0.05) is 30.7 Å². The Morgan fingerprint density at radius 1 is 1.22 bits per heavy atom. The minimum Gasteiger partial charge on any atom is -0.472 e. The van der Waals surface area contributed by atoms with E-state index in [0.29, 0.717) is 30.2 Å². The van der Waals surface area contributed by atoms with Gasteiger partial charge in [-0.05, 0) is 6.07 Å². The van der Waals surface area contributed by atoms with E-state index in [4.69, 9.17) is 4.42 Å². The lowest BCUT2D eigenvalue weighted by Crippen LogP contribution is -2.44. The van der Waals surface area contributed by atoms with Crippen LogP contribution in [0.1, 0.15) is 33.8 Å². The van der Waals surface area contributed by atoms with Crippen molar-refractivity contribution < 1.29 is 23.6 Å². The van der Waals surface area contributed by atoms with Gasteiger partial charge in [-0.2, -0.15) is 0 Å². The molecule has 2 aliphatic heterocycles. The summed E-state index contributed by atoms with van der Waals surface area (Å²) >= 11 is 1.31. The third-order valence-corrected chi connectivity index (χ3v) is 5.53. The van der Waals surface area contributed by atoms with Gasteiger partial charge in [-0.25, -0.2) is 4.98 Å². The average Bonchev–Trinajstić information content (AvgIpc) is 3.37. The molecular formula is C17H16N4O5S. The zero-order valence-corrected chi connectivity index (χ0v) is 15.1. The summed E-state index contributed by atoms with van der Waals surface area (Å²) in [7, 11) is 0. The van der Waals surface area contributed by atoms with E-state index in [1.54, 1.807) is 11.0 Å². The van der Waals surface area contributed by atoms with Crippen LogP contribution < -0.4 is 5.32 Å². The van der Waals surface area contributed by atoms with Gasteiger partial charge in [0.15, 0.2) is 5.13 Å². The van der Waals surface area contributed by atoms with Crippen LogP contribution in [0.5, 0.6) is 0 Å². The fraction of sp³-hybridized carbons (Fsp3) is 0.353. The first kappa shape index (κ1) is 17.4. The number of amides is 4. The van der Waals surface area contributed by atoms with Crippen LogP contribution >= 0.6 is 11.3 Å². The molecule has 4 heterocycles. The van der Waals surface area contributed by atoms with Crippen molar-refractivity contribution in [2.75, 3.05) is 18.4 Å². The molecule has 2 aliphatic rings. The van der Waals surface area contributed by atoms with E-state index in [-0.39, 0.29) is 43.0 Å². The van der Waals surface area contributed by atoms with Crippen molar-refractivity contribution >= 4 is 40.1 Å². The maximum atomic E-state index is 12.5. The summed E-state index contributed by atoms with van der Waals surface area (Å²) in [4.78, 5) is 55.9. The second-order valence-electron chi connectivity index (χ2n) is 6.29. The number of nitrogens with one attached hydrogen (secondary N) is 1. The Kier molecular flexibility index (Phi) is 4.48. The second-order valence-corrected chi connectivity index (χ2v) is 7.38. The number of anilines is 1. The Hall–Kier alpha value is -3.01. The first-order valence-electron chi connectivity index (χ1n) is 8.44. The number of aromatic nitrogens is 1. The molecule has 1 N–H and O–H groups in total. The number of carbonyl (C=O) groups is 4. The highest BCUT2D eigenvalue weighted by molar-refractivity contribution is 7.15. The monoisotopic (exact) mass is 388 g/mol. The van der Waals surface area contributed by atoms with Gasteiger partial charge in [0.2, 0.25) is 17.7 Å². The van der Waals surface area contributed by atoms with E-state index in [0.717, 1.165) is 15.5 Å². The number of imide groups is 1. The third kappa shape index (κ3) is 3.47. The summed E-state index contributed by atoms with van der Waals surface area (Å²) in [5, 5.41) is 3.19. The van der Waals surface area contributed by atoms with Gasteiger partial charge in [-0.1, -0.05) is 11.3 Å². The molecule has 0 saturated carbocycles. The fourth-order valence-electron chi connectivity index (χ4n) is 3.06. The second kappa shape index (κ2) is 6.95. The predicted octanol–water partition coefficient (Wildman–Crippen LogP) is 1.02. The Morgan fingerprint density at radius 3 is 2.70 bits per heavy atom. The minimum atomic E-state index is -0.311. The van der Waals surface area contributed by atoms with Crippen LogP contribution in [-0.2, 0) is 27.3 Å². The van der Waals surface area contributed by atoms with Crippen LogP contribution in [0.15, 0.2) is 23.0 Å². The van der Waals surface area contributed by atoms with E-state index in [9.17, 15) is 19.2 Å². The number of hydrogen-bond donors (Lipinski definition) is 1. The molecule has 1 fully saturated rings. The highest BCUT2D eigenvalue weighted by Gasteiger charge is 2.33. The molecule has 2 aromatic heterocycles. The SMILES string of the molecule is O=C(Nc1nc2c(s1)CN(C(=O)CN1C(=O)CCC1=O)CC2)c1ccoc1. The zero-order chi connectivity index (χ0) is 19.0. The van der Waals surface area contributed by atoms with E-state index in [1.165, 1.54) is 23.9 Å². The Bertz CT molecular complexity index is 904. The molecule has 0 spiro atoms. The summed E-state index contributed by atoms with van der Waals surface area (Å²) in [6.45, 7) is 0.598. The lowest BCUT2D eigenvalue weighted by molar-refractivity contribution is -0.145. The molecule has 140 valence electrons. The molecular weight excluding hydrogens is 372 g/mol. The van der Waals surface area contributed by atoms with Gasteiger partial charge >= 0.3 is 0 Å². The minimum absolute atomic E-state index is 0.171. The van der Waals surface area contributed by atoms with Crippen LogP contribution in [0.2, 0.25) is 0 Å². The number of hydrogen-bond acceptors (Lipinski definition) is 7. The molecule has 0 radical (unpaired) electrons. The molecule has 4 amide bonds. The summed E-state index contributed by atoms with van der Waals surface area (Å²) in [5.74, 6) is -1.17. The van der Waals surface area contributed by atoms with Crippen molar-refractivity contribution in [3.63, 3.8) is 0 Å². The van der Waals surface area contributed by atoms with Crippen LogP contribution in [0.4, 0.5) is 5.13 Å². The first-order valence-corrected chi connectivity index (χ1v) is 9.26. The molecule has 9 nitrogen and oxygen atoms in total. The van der Waals surface area contributed by atoms with Crippen molar-refractivity contribution in [3.05, 3.63) is 34.7 Å². The number of nitrogens with zero attached hydrogens (tertiary/aromatic N) is 3. The summed E-state index contributed by atoms with van der Waals surface area (Å²) in [6.07, 6.45) is 3.67. The Morgan fingerprint density at radius 2 is 2.00 bits per heavy atom. The van der Waals surface area contributed by atoms with Gasteiger partial charge in [-0.3, -0.25) is 29.4 Å². The molecule has 2 aromatic rings. The molecule has 0 atom stereocenters. The zero-order valence-electron chi connectivity index (χ0n) is 14.3. The molecule has 10 heteroatoms. The Labute approximate surface area is 157 Å². The summed E-state index contributed by atoms with van der Waals surface area (Å²) in [5.41, 5.74) is 1.25. The number of likely N-dealkylation sites (tertiary alicyclic amines) is 1. The third-order valence-electron chi connectivity index (χ3n) is 4.54. The van der Waals surface area contributed by atoms with Crippen LogP contribution in [0.25, 0.3) is 0 Å². The maximum Gasteiger partial charge on any atom is 0.260 e. The van der Waals surface area contributed by atoms with Crippen molar-refractivity contribution in [2.45, 2.75) is 25.8 Å². The average molecular weight is 388 g/mol. The fourth-order valence-corrected chi connectivity index (χ4v) is 4.08. The number of fused-ring (bicyclic) bond motifs is 1. The van der Waals surface area contributed by atoms with Gasteiger partial charge in [0.05, 0.1) is 24.1 Å². The molecule has 0 unspecified atom stereocenters. The lowest BCUT2D eigenvalue weighted by Gasteiger charge is -2.27. The molecule has 0 aliphatic carbocycles. The quantitative estimate of drug-likeness (QED) is 0.783.